The molecule has 0 radical (unpaired) electrons. The van der Waals surface area contributed by atoms with Crippen molar-refractivity contribution in [3.63, 3.8) is 0 Å². The van der Waals surface area contributed by atoms with Crippen molar-refractivity contribution < 1.29 is 31.4 Å². The fraction of sp³-hybridized carbons (Fsp3) is 1.00. The van der Waals surface area contributed by atoms with Gasteiger partial charge in [0, 0.05) is 19.6 Å². The molecule has 1 saturated heterocycles. The molecule has 0 amide bonds. The van der Waals surface area contributed by atoms with Crippen LogP contribution in [-0.4, -0.2) is 38.0 Å². The van der Waals surface area contributed by atoms with E-state index in [9.17, 15) is 22.0 Å². The number of hydrogen-bond acceptors (Lipinski definition) is 2. The van der Waals surface area contributed by atoms with Crippen LogP contribution in [0.15, 0.2) is 0 Å². The van der Waals surface area contributed by atoms with Crippen LogP contribution in [0.2, 0.25) is 0 Å². The van der Waals surface area contributed by atoms with Gasteiger partial charge in [-0.3, -0.25) is 0 Å². The first kappa shape index (κ1) is 15.6. The number of hydrogen-bond donors (Lipinski definition) is 0. The monoisotopic (exact) mass is 276 g/mol. The lowest BCUT2D eigenvalue weighted by Gasteiger charge is -2.23. The molecule has 0 N–H and O–H groups in total. The van der Waals surface area contributed by atoms with Crippen LogP contribution in [-0.2, 0) is 9.47 Å². The number of ether oxygens (including phenoxy) is 2. The van der Waals surface area contributed by atoms with E-state index in [0.29, 0.717) is 13.0 Å². The van der Waals surface area contributed by atoms with Gasteiger partial charge < -0.3 is 9.47 Å². The molecule has 0 saturated carbocycles. The summed E-state index contributed by atoms with van der Waals surface area (Å²) in [6.07, 6.45) is -3.29. The third kappa shape index (κ3) is 5.06. The van der Waals surface area contributed by atoms with Crippen molar-refractivity contribution in [3.05, 3.63) is 0 Å². The van der Waals surface area contributed by atoms with Crippen LogP contribution >= 0.6 is 0 Å². The number of rotatable bonds is 6. The van der Waals surface area contributed by atoms with E-state index in [1.165, 1.54) is 0 Å². The Morgan fingerprint density at radius 3 is 2.33 bits per heavy atom. The summed E-state index contributed by atoms with van der Waals surface area (Å²) in [6.45, 7) is 0.231. The molecule has 1 unspecified atom stereocenters. The largest absolute Gasteiger partial charge is 0.453 e. The molecule has 108 valence electrons. The molecule has 7 heteroatoms. The summed E-state index contributed by atoms with van der Waals surface area (Å²) in [5.74, 6) is -4.67. The summed E-state index contributed by atoms with van der Waals surface area (Å²) < 4.78 is 70.6. The molecule has 0 bridgehead atoms. The highest BCUT2D eigenvalue weighted by Gasteiger charge is 2.56. The standard InChI is InChI=1S/C11H17F5O2/c12-10(13,11(14,15)16)5-8-17-7-4-9-3-1-2-6-18-9/h9H,1-8H2. The predicted octanol–water partition coefficient (Wildman–Crippen LogP) is 3.55. The third-order valence-corrected chi connectivity index (χ3v) is 2.83. The molecule has 0 aromatic rings. The van der Waals surface area contributed by atoms with E-state index in [1.54, 1.807) is 0 Å². The Kier molecular flexibility index (Phi) is 5.78. The highest BCUT2D eigenvalue weighted by molar-refractivity contribution is 4.75. The maximum atomic E-state index is 12.5. The van der Waals surface area contributed by atoms with Crippen molar-refractivity contribution >= 4 is 0 Å². The molecule has 1 aliphatic heterocycles. The molecule has 1 atom stereocenters. The summed E-state index contributed by atoms with van der Waals surface area (Å²) in [5.41, 5.74) is 0. The molecule has 0 aliphatic carbocycles. The minimum absolute atomic E-state index is 0.0434. The van der Waals surface area contributed by atoms with Gasteiger partial charge >= 0.3 is 12.1 Å². The lowest BCUT2D eigenvalue weighted by Crippen LogP contribution is -2.37. The molecule has 1 aliphatic rings. The highest BCUT2D eigenvalue weighted by atomic mass is 19.4. The second-order valence-electron chi connectivity index (χ2n) is 4.34. The van der Waals surface area contributed by atoms with Gasteiger partial charge in [0.15, 0.2) is 0 Å². The molecule has 1 rings (SSSR count). The summed E-state index contributed by atoms with van der Waals surface area (Å²) >= 11 is 0. The average molecular weight is 276 g/mol. The van der Waals surface area contributed by atoms with E-state index in [2.05, 4.69) is 0 Å². The topological polar surface area (TPSA) is 18.5 Å². The maximum Gasteiger partial charge on any atom is 0.453 e. The lowest BCUT2D eigenvalue weighted by atomic mass is 10.1. The van der Waals surface area contributed by atoms with Crippen molar-refractivity contribution in [2.24, 2.45) is 0 Å². The van der Waals surface area contributed by atoms with Gasteiger partial charge in [-0.2, -0.15) is 22.0 Å². The van der Waals surface area contributed by atoms with Gasteiger partial charge in [-0.15, -0.1) is 0 Å². The maximum absolute atomic E-state index is 12.5. The number of alkyl halides is 5. The van der Waals surface area contributed by atoms with E-state index in [4.69, 9.17) is 9.47 Å². The molecule has 0 aromatic carbocycles. The normalized spacial score (nSPS) is 22.2. The molecule has 18 heavy (non-hydrogen) atoms. The van der Waals surface area contributed by atoms with Crippen molar-refractivity contribution in [2.75, 3.05) is 19.8 Å². The van der Waals surface area contributed by atoms with E-state index < -0.39 is 25.1 Å². The fourth-order valence-electron chi connectivity index (χ4n) is 1.69. The van der Waals surface area contributed by atoms with E-state index >= 15 is 0 Å². The van der Waals surface area contributed by atoms with Crippen LogP contribution in [0.1, 0.15) is 32.1 Å². The molecular weight excluding hydrogens is 259 g/mol. The highest BCUT2D eigenvalue weighted by Crippen LogP contribution is 2.37. The van der Waals surface area contributed by atoms with Gasteiger partial charge in [-0.05, 0) is 25.7 Å². The Balaban J connectivity index is 2.08. The Morgan fingerprint density at radius 1 is 1.06 bits per heavy atom. The van der Waals surface area contributed by atoms with Crippen LogP contribution in [0.25, 0.3) is 0 Å². The summed E-state index contributed by atoms with van der Waals surface area (Å²) in [6, 6.07) is 0. The minimum Gasteiger partial charge on any atom is -0.381 e. The van der Waals surface area contributed by atoms with Gasteiger partial charge in [0.05, 0.1) is 12.7 Å². The molecule has 0 aromatic heterocycles. The van der Waals surface area contributed by atoms with Crippen molar-refractivity contribution in [1.82, 2.24) is 0 Å². The van der Waals surface area contributed by atoms with E-state index in [0.717, 1.165) is 19.3 Å². The molecule has 1 heterocycles. The van der Waals surface area contributed by atoms with Crippen LogP contribution in [0, 0.1) is 0 Å². The Bertz CT molecular complexity index is 236. The zero-order valence-corrected chi connectivity index (χ0v) is 9.94. The predicted molar refractivity (Wildman–Crippen MR) is 54.6 cm³/mol. The Morgan fingerprint density at radius 2 is 1.78 bits per heavy atom. The first-order valence-corrected chi connectivity index (χ1v) is 5.97. The van der Waals surface area contributed by atoms with Crippen LogP contribution in [0.4, 0.5) is 22.0 Å². The van der Waals surface area contributed by atoms with Crippen LogP contribution in [0.3, 0.4) is 0 Å². The average Bonchev–Trinajstić information content (AvgIpc) is 2.28. The van der Waals surface area contributed by atoms with Crippen molar-refractivity contribution in [1.29, 1.82) is 0 Å². The molecule has 0 spiro atoms. The molecule has 1 fully saturated rings. The zero-order chi connectivity index (χ0) is 13.6. The van der Waals surface area contributed by atoms with Crippen molar-refractivity contribution in [3.8, 4) is 0 Å². The van der Waals surface area contributed by atoms with Gasteiger partial charge in [-0.25, -0.2) is 0 Å². The first-order chi connectivity index (χ1) is 8.33. The van der Waals surface area contributed by atoms with Gasteiger partial charge in [0.1, 0.15) is 0 Å². The number of halogens is 5. The van der Waals surface area contributed by atoms with Crippen LogP contribution in [0.5, 0.6) is 0 Å². The Hall–Kier alpha value is -0.430. The quantitative estimate of drug-likeness (QED) is 0.545. The second kappa shape index (κ2) is 6.65. The summed E-state index contributed by atoms with van der Waals surface area (Å²) in [5, 5.41) is 0. The second-order valence-corrected chi connectivity index (χ2v) is 4.34. The Labute approximate surface area is 102 Å². The van der Waals surface area contributed by atoms with Crippen molar-refractivity contribution in [2.45, 2.75) is 50.3 Å². The fourth-order valence-corrected chi connectivity index (χ4v) is 1.69. The summed E-state index contributed by atoms with van der Waals surface area (Å²) in [7, 11) is 0. The van der Waals surface area contributed by atoms with Gasteiger partial charge in [-0.1, -0.05) is 0 Å². The van der Waals surface area contributed by atoms with E-state index in [-0.39, 0.29) is 12.7 Å². The smallest absolute Gasteiger partial charge is 0.381 e. The SMILES string of the molecule is FC(F)(F)C(F)(F)CCOCCC1CCCCO1. The molecule has 2 nitrogen and oxygen atoms in total. The minimum atomic E-state index is -5.50. The first-order valence-electron chi connectivity index (χ1n) is 5.97. The van der Waals surface area contributed by atoms with Gasteiger partial charge in [0.25, 0.3) is 0 Å². The van der Waals surface area contributed by atoms with E-state index in [1.807, 2.05) is 0 Å². The summed E-state index contributed by atoms with van der Waals surface area (Å²) in [4.78, 5) is 0. The van der Waals surface area contributed by atoms with Gasteiger partial charge in [0.2, 0.25) is 0 Å². The lowest BCUT2D eigenvalue weighted by molar-refractivity contribution is -0.287. The van der Waals surface area contributed by atoms with Crippen LogP contribution < -0.4 is 0 Å². The third-order valence-electron chi connectivity index (χ3n) is 2.83. The zero-order valence-electron chi connectivity index (χ0n) is 9.94. The molecular formula is C11H17F5O2.